The van der Waals surface area contributed by atoms with Crippen molar-refractivity contribution >= 4 is 39.2 Å². The predicted molar refractivity (Wildman–Crippen MR) is 154 cm³/mol. The lowest BCUT2D eigenvalue weighted by molar-refractivity contribution is -0.192. The molecule has 2 heterocycles. The normalized spacial score (nSPS) is 16.1. The van der Waals surface area contributed by atoms with E-state index in [1.54, 1.807) is 48.3 Å². The Morgan fingerprint density at radius 1 is 0.977 bits per heavy atom. The molecule has 0 spiro atoms. The molecule has 0 radical (unpaired) electrons. The van der Waals surface area contributed by atoms with E-state index >= 15 is 0 Å². The van der Waals surface area contributed by atoms with Crippen LogP contribution < -0.4 is 14.9 Å². The molecule has 0 atom stereocenters. The number of anilines is 2. The summed E-state index contributed by atoms with van der Waals surface area (Å²) in [5.74, 6) is -3.20. The first-order valence-corrected chi connectivity index (χ1v) is 14.9. The molecule has 0 bridgehead atoms. The van der Waals surface area contributed by atoms with Gasteiger partial charge in [-0.25, -0.2) is 13.2 Å². The van der Waals surface area contributed by atoms with Gasteiger partial charge in [0.1, 0.15) is 0 Å². The second-order valence-electron chi connectivity index (χ2n) is 10.0. The quantitative estimate of drug-likeness (QED) is 0.415. The van der Waals surface area contributed by atoms with E-state index in [0.717, 1.165) is 26.2 Å². The van der Waals surface area contributed by atoms with Crippen molar-refractivity contribution in [3.05, 3.63) is 54.1 Å². The van der Waals surface area contributed by atoms with Gasteiger partial charge < -0.3 is 30.0 Å². The zero-order valence-electron chi connectivity index (χ0n) is 23.8. The number of alkyl halides is 3. The molecule has 236 valence electrons. The molecule has 12 nitrogen and oxygen atoms in total. The van der Waals surface area contributed by atoms with Crippen molar-refractivity contribution in [2.45, 2.75) is 11.1 Å². The molecule has 0 saturated carbocycles. The summed E-state index contributed by atoms with van der Waals surface area (Å²) in [7, 11) is -0.247. The highest BCUT2D eigenvalue weighted by Gasteiger charge is 2.38. The number of amides is 2. The summed E-state index contributed by atoms with van der Waals surface area (Å²) in [6, 6.07) is 13.2. The third-order valence-electron chi connectivity index (χ3n) is 6.82. The fourth-order valence-electron chi connectivity index (χ4n) is 4.39. The molecular formula is C27H35F3N6O6S. The minimum absolute atomic E-state index is 0.0346. The van der Waals surface area contributed by atoms with Gasteiger partial charge in [0.05, 0.1) is 22.8 Å². The van der Waals surface area contributed by atoms with Crippen molar-refractivity contribution in [2.24, 2.45) is 0 Å². The maximum absolute atomic E-state index is 13.2. The summed E-state index contributed by atoms with van der Waals surface area (Å²) in [5, 5.41) is 10.4. The topological polar surface area (TPSA) is 143 Å². The smallest absolute Gasteiger partial charge is 0.475 e. The Morgan fingerprint density at radius 2 is 1.56 bits per heavy atom. The molecule has 2 saturated heterocycles. The van der Waals surface area contributed by atoms with Crippen molar-refractivity contribution in [2.75, 3.05) is 82.6 Å². The minimum Gasteiger partial charge on any atom is -0.475 e. The monoisotopic (exact) mass is 628 g/mol. The van der Waals surface area contributed by atoms with E-state index in [0.29, 0.717) is 43.1 Å². The maximum Gasteiger partial charge on any atom is 0.490 e. The second kappa shape index (κ2) is 14.5. The number of halogens is 3. The fraction of sp³-hybridized carbons (Fsp3) is 0.444. The van der Waals surface area contributed by atoms with Gasteiger partial charge in [0.2, 0.25) is 5.91 Å². The first kappa shape index (κ1) is 33.6. The summed E-state index contributed by atoms with van der Waals surface area (Å²) in [6.45, 7) is 5.85. The Labute approximate surface area is 248 Å². The van der Waals surface area contributed by atoms with E-state index in [2.05, 4.69) is 19.8 Å². The molecule has 0 unspecified atom stereocenters. The molecule has 2 aliphatic heterocycles. The van der Waals surface area contributed by atoms with Crippen molar-refractivity contribution in [3.8, 4) is 0 Å². The Kier molecular flexibility index (Phi) is 11.4. The Hall–Kier alpha value is -3.89. The van der Waals surface area contributed by atoms with Gasteiger partial charge in [-0.3, -0.25) is 14.3 Å². The molecule has 4 rings (SSSR count). The molecule has 16 heteroatoms. The van der Waals surface area contributed by atoms with Gasteiger partial charge in [-0.05, 0) is 37.4 Å². The van der Waals surface area contributed by atoms with Crippen LogP contribution in [0.2, 0.25) is 0 Å². The van der Waals surface area contributed by atoms with Gasteiger partial charge >= 0.3 is 12.1 Å². The number of likely N-dealkylation sites (N-methyl/N-ethyl adjacent to an activating group) is 2. The first-order valence-electron chi connectivity index (χ1n) is 13.4. The molecular weight excluding hydrogens is 593 g/mol. The number of hydrogen-bond donors (Lipinski definition) is 3. The molecule has 0 aliphatic carbocycles. The highest BCUT2D eigenvalue weighted by atomic mass is 32.2. The number of aliphatic carboxylic acids is 1. The van der Waals surface area contributed by atoms with Gasteiger partial charge in [0, 0.05) is 65.0 Å². The van der Waals surface area contributed by atoms with E-state index < -0.39 is 22.2 Å². The summed E-state index contributed by atoms with van der Waals surface area (Å²) < 4.78 is 60.6. The number of benzene rings is 2. The SMILES string of the molecule is CN1CCN(C(=O)CN(C)C(=O)c2ccc(N3CCNCC3)c(NS(=O)(=O)c3ccccc3)c2)CC1.O=C(O)C(F)(F)F. The van der Waals surface area contributed by atoms with Crippen LogP contribution in [0.4, 0.5) is 24.5 Å². The molecule has 43 heavy (non-hydrogen) atoms. The number of sulfonamides is 1. The summed E-state index contributed by atoms with van der Waals surface area (Å²) >= 11 is 0. The molecule has 2 aromatic carbocycles. The van der Waals surface area contributed by atoms with Crippen molar-refractivity contribution in [1.82, 2.24) is 20.0 Å². The number of hydrogen-bond acceptors (Lipinski definition) is 8. The highest BCUT2D eigenvalue weighted by Crippen LogP contribution is 2.30. The van der Waals surface area contributed by atoms with Crippen LogP contribution in [0.15, 0.2) is 53.4 Å². The van der Waals surface area contributed by atoms with E-state index in [9.17, 15) is 31.2 Å². The maximum atomic E-state index is 13.2. The number of carbonyl (C=O) groups is 3. The molecule has 3 N–H and O–H groups in total. The fourth-order valence-corrected chi connectivity index (χ4v) is 5.47. The molecule has 2 aromatic rings. The predicted octanol–water partition coefficient (Wildman–Crippen LogP) is 1.38. The largest absolute Gasteiger partial charge is 0.490 e. The summed E-state index contributed by atoms with van der Waals surface area (Å²) in [4.78, 5) is 42.4. The zero-order chi connectivity index (χ0) is 31.8. The third-order valence-corrected chi connectivity index (χ3v) is 8.20. The van der Waals surface area contributed by atoms with Crippen molar-refractivity contribution in [3.63, 3.8) is 0 Å². The lowest BCUT2D eigenvalue weighted by atomic mass is 10.1. The van der Waals surface area contributed by atoms with Crippen molar-refractivity contribution in [1.29, 1.82) is 0 Å². The lowest BCUT2D eigenvalue weighted by Crippen LogP contribution is -2.50. The highest BCUT2D eigenvalue weighted by molar-refractivity contribution is 7.92. The Morgan fingerprint density at radius 3 is 2.12 bits per heavy atom. The number of carboxylic acid groups (broad SMARTS) is 1. The van der Waals surface area contributed by atoms with Crippen LogP contribution in [0.25, 0.3) is 0 Å². The van der Waals surface area contributed by atoms with Crippen LogP contribution >= 0.6 is 0 Å². The summed E-state index contributed by atoms with van der Waals surface area (Å²) in [6.07, 6.45) is -5.08. The Bertz CT molecular complexity index is 1380. The van der Waals surface area contributed by atoms with Gasteiger partial charge in [-0.1, -0.05) is 18.2 Å². The van der Waals surface area contributed by atoms with Gasteiger partial charge in [0.15, 0.2) is 0 Å². The molecule has 0 aromatic heterocycles. The van der Waals surface area contributed by atoms with E-state index in [-0.39, 0.29) is 23.3 Å². The summed E-state index contributed by atoms with van der Waals surface area (Å²) in [5.41, 5.74) is 1.36. The van der Waals surface area contributed by atoms with E-state index in [4.69, 9.17) is 9.90 Å². The Balaban J connectivity index is 0.000000646. The first-order chi connectivity index (χ1) is 20.2. The van der Waals surface area contributed by atoms with Gasteiger partial charge in [-0.15, -0.1) is 0 Å². The van der Waals surface area contributed by atoms with Crippen LogP contribution in [-0.2, 0) is 19.6 Å². The number of rotatable bonds is 7. The van der Waals surface area contributed by atoms with Crippen LogP contribution in [0.3, 0.4) is 0 Å². The van der Waals surface area contributed by atoms with Crippen LogP contribution in [0, 0.1) is 0 Å². The minimum atomic E-state index is -5.08. The average molecular weight is 629 g/mol. The van der Waals surface area contributed by atoms with Crippen molar-refractivity contribution < 1.29 is 41.1 Å². The molecule has 2 aliphatic rings. The number of nitrogens with zero attached hydrogens (tertiary/aromatic N) is 4. The number of carboxylic acids is 1. The molecule has 2 fully saturated rings. The van der Waals surface area contributed by atoms with Gasteiger partial charge in [0.25, 0.3) is 15.9 Å². The lowest BCUT2D eigenvalue weighted by Gasteiger charge is -2.33. The van der Waals surface area contributed by atoms with E-state index in [1.165, 1.54) is 17.0 Å². The van der Waals surface area contributed by atoms with Gasteiger partial charge in [-0.2, -0.15) is 13.2 Å². The second-order valence-corrected chi connectivity index (χ2v) is 11.7. The average Bonchev–Trinajstić information content (AvgIpc) is 2.97. The van der Waals surface area contributed by atoms with E-state index in [1.807, 2.05) is 7.05 Å². The third kappa shape index (κ3) is 9.56. The standard InChI is InChI=1S/C25H34N6O4S.C2HF3O2/c1-28-14-16-31(17-15-28)24(32)19-29(2)25(33)20-8-9-23(30-12-10-26-11-13-30)22(18-20)27-36(34,35)21-6-4-3-5-7-21;3-2(4,5)1(6)7/h3-9,18,26-27H,10-17,19H2,1-2H3;(H,6,7). The number of piperazine rings is 2. The number of carbonyl (C=O) groups excluding carboxylic acids is 2. The molecule has 2 amide bonds. The van der Waals surface area contributed by atoms with Crippen LogP contribution in [0.1, 0.15) is 10.4 Å². The van der Waals surface area contributed by atoms with Crippen LogP contribution in [0.5, 0.6) is 0 Å². The number of nitrogens with one attached hydrogen (secondary N) is 2. The van der Waals surface area contributed by atoms with Crippen LogP contribution in [-0.4, -0.2) is 125 Å². The zero-order valence-corrected chi connectivity index (χ0v) is 24.6.